The van der Waals surface area contributed by atoms with Crippen LogP contribution in [0.4, 0.5) is 0 Å². The topological polar surface area (TPSA) is 85.1 Å². The maximum atomic E-state index is 12.2. The van der Waals surface area contributed by atoms with E-state index in [9.17, 15) is 9.00 Å². The van der Waals surface area contributed by atoms with Gasteiger partial charge in [-0.1, -0.05) is 65.8 Å². The minimum atomic E-state index is -1.43. The second kappa shape index (κ2) is 8.53. The van der Waals surface area contributed by atoms with Gasteiger partial charge in [0.15, 0.2) is 0 Å². The molecular weight excluding hydrogens is 350 g/mol. The SMILES string of the molecule is CC(NC(=O)CS(=O)Cc1nc(-c2ccccc2)no1)c1ccccc1. The first-order valence-corrected chi connectivity index (χ1v) is 9.68. The van der Waals surface area contributed by atoms with Gasteiger partial charge in [-0.2, -0.15) is 4.98 Å². The Morgan fingerprint density at radius 3 is 2.46 bits per heavy atom. The van der Waals surface area contributed by atoms with Crippen LogP contribution in [0.3, 0.4) is 0 Å². The van der Waals surface area contributed by atoms with Crippen molar-refractivity contribution in [1.29, 1.82) is 0 Å². The Balaban J connectivity index is 1.52. The van der Waals surface area contributed by atoms with Gasteiger partial charge in [-0.15, -0.1) is 0 Å². The molecule has 0 radical (unpaired) electrons. The summed E-state index contributed by atoms with van der Waals surface area (Å²) in [6, 6.07) is 18.9. The molecule has 1 heterocycles. The van der Waals surface area contributed by atoms with Crippen molar-refractivity contribution < 1.29 is 13.5 Å². The Hall–Kier alpha value is -2.80. The van der Waals surface area contributed by atoms with E-state index in [1.807, 2.05) is 67.6 Å². The van der Waals surface area contributed by atoms with E-state index in [-0.39, 0.29) is 29.3 Å². The molecule has 3 aromatic rings. The molecule has 3 rings (SSSR count). The number of benzene rings is 2. The van der Waals surface area contributed by atoms with E-state index in [0.29, 0.717) is 5.82 Å². The molecule has 0 aliphatic carbocycles. The smallest absolute Gasteiger partial charge is 0.239 e. The van der Waals surface area contributed by atoms with Crippen molar-refractivity contribution in [3.63, 3.8) is 0 Å². The average molecular weight is 369 g/mol. The van der Waals surface area contributed by atoms with Crippen LogP contribution in [-0.4, -0.2) is 26.0 Å². The van der Waals surface area contributed by atoms with Crippen LogP contribution < -0.4 is 5.32 Å². The minimum Gasteiger partial charge on any atom is -0.349 e. The molecule has 0 fully saturated rings. The highest BCUT2D eigenvalue weighted by molar-refractivity contribution is 7.84. The molecule has 134 valence electrons. The fourth-order valence-electron chi connectivity index (χ4n) is 2.46. The van der Waals surface area contributed by atoms with Gasteiger partial charge in [0.1, 0.15) is 11.5 Å². The van der Waals surface area contributed by atoms with E-state index in [2.05, 4.69) is 15.5 Å². The van der Waals surface area contributed by atoms with Crippen LogP contribution in [0.15, 0.2) is 65.2 Å². The lowest BCUT2D eigenvalue weighted by atomic mass is 10.1. The number of nitrogens with one attached hydrogen (secondary N) is 1. The number of carbonyl (C=O) groups is 1. The van der Waals surface area contributed by atoms with E-state index < -0.39 is 10.8 Å². The van der Waals surface area contributed by atoms with Crippen molar-refractivity contribution in [1.82, 2.24) is 15.5 Å². The Kier molecular flexibility index (Phi) is 5.91. The van der Waals surface area contributed by atoms with E-state index >= 15 is 0 Å². The van der Waals surface area contributed by atoms with Gasteiger partial charge in [0.2, 0.25) is 17.6 Å². The first-order valence-electron chi connectivity index (χ1n) is 8.19. The third kappa shape index (κ3) is 4.86. The van der Waals surface area contributed by atoms with Gasteiger partial charge in [-0.3, -0.25) is 9.00 Å². The molecule has 0 aliphatic rings. The maximum absolute atomic E-state index is 12.2. The first kappa shape index (κ1) is 18.0. The zero-order valence-corrected chi connectivity index (χ0v) is 15.1. The van der Waals surface area contributed by atoms with Crippen molar-refractivity contribution in [2.75, 3.05) is 5.75 Å². The molecule has 26 heavy (non-hydrogen) atoms. The fourth-order valence-corrected chi connectivity index (χ4v) is 3.33. The van der Waals surface area contributed by atoms with E-state index in [4.69, 9.17) is 4.52 Å². The van der Waals surface area contributed by atoms with Crippen LogP contribution in [0.1, 0.15) is 24.4 Å². The first-order chi connectivity index (χ1) is 12.6. The molecule has 0 aliphatic heterocycles. The molecule has 2 atom stereocenters. The number of hydrogen-bond acceptors (Lipinski definition) is 5. The fraction of sp³-hybridized carbons (Fsp3) is 0.211. The molecular formula is C19H19N3O3S. The Bertz CT molecular complexity index is 881. The highest BCUT2D eigenvalue weighted by Gasteiger charge is 2.16. The quantitative estimate of drug-likeness (QED) is 0.692. The second-order valence-electron chi connectivity index (χ2n) is 5.81. The van der Waals surface area contributed by atoms with Crippen LogP contribution in [0, 0.1) is 0 Å². The maximum Gasteiger partial charge on any atom is 0.239 e. The number of carbonyl (C=O) groups excluding carboxylic acids is 1. The van der Waals surface area contributed by atoms with Gasteiger partial charge in [0, 0.05) is 16.4 Å². The normalized spacial score (nSPS) is 13.1. The summed E-state index contributed by atoms with van der Waals surface area (Å²) in [5, 5.41) is 6.73. The molecule has 2 aromatic carbocycles. The Morgan fingerprint density at radius 1 is 1.12 bits per heavy atom. The lowest BCUT2D eigenvalue weighted by Crippen LogP contribution is -2.31. The monoisotopic (exact) mass is 369 g/mol. The summed E-state index contributed by atoms with van der Waals surface area (Å²) in [6.45, 7) is 1.89. The second-order valence-corrected chi connectivity index (χ2v) is 7.26. The largest absolute Gasteiger partial charge is 0.349 e. The predicted molar refractivity (Wildman–Crippen MR) is 99.4 cm³/mol. The number of rotatable bonds is 7. The average Bonchev–Trinajstić information content (AvgIpc) is 3.11. The third-order valence-corrected chi connectivity index (χ3v) is 4.91. The van der Waals surface area contributed by atoms with Gasteiger partial charge in [0.25, 0.3) is 0 Å². The molecule has 0 bridgehead atoms. The molecule has 1 N–H and O–H groups in total. The molecule has 0 saturated heterocycles. The summed E-state index contributed by atoms with van der Waals surface area (Å²) in [6.07, 6.45) is 0. The van der Waals surface area contributed by atoms with Crippen LogP contribution in [0.5, 0.6) is 0 Å². The highest BCUT2D eigenvalue weighted by atomic mass is 32.2. The van der Waals surface area contributed by atoms with Crippen LogP contribution in [-0.2, 0) is 21.3 Å². The molecule has 2 unspecified atom stereocenters. The third-order valence-electron chi connectivity index (χ3n) is 3.75. The highest BCUT2D eigenvalue weighted by Crippen LogP contribution is 2.15. The van der Waals surface area contributed by atoms with Crippen LogP contribution in [0.2, 0.25) is 0 Å². The molecule has 1 amide bonds. The predicted octanol–water partition coefficient (Wildman–Crippen LogP) is 2.86. The van der Waals surface area contributed by atoms with Crippen LogP contribution in [0.25, 0.3) is 11.4 Å². The molecule has 7 heteroatoms. The van der Waals surface area contributed by atoms with Gasteiger partial charge < -0.3 is 9.84 Å². The number of amides is 1. The summed E-state index contributed by atoms with van der Waals surface area (Å²) < 4.78 is 17.3. The van der Waals surface area contributed by atoms with Crippen molar-refractivity contribution >= 4 is 16.7 Å². The molecule has 6 nitrogen and oxygen atoms in total. The van der Waals surface area contributed by atoms with Crippen LogP contribution >= 0.6 is 0 Å². The zero-order valence-electron chi connectivity index (χ0n) is 14.3. The van der Waals surface area contributed by atoms with Gasteiger partial charge in [-0.05, 0) is 12.5 Å². The van der Waals surface area contributed by atoms with Crippen molar-refractivity contribution in [3.05, 3.63) is 72.1 Å². The van der Waals surface area contributed by atoms with Crippen molar-refractivity contribution in [2.45, 2.75) is 18.7 Å². The number of aromatic nitrogens is 2. The molecule has 0 saturated carbocycles. The van der Waals surface area contributed by atoms with E-state index in [1.54, 1.807) is 0 Å². The van der Waals surface area contributed by atoms with Crippen molar-refractivity contribution in [2.24, 2.45) is 0 Å². The summed E-state index contributed by atoms with van der Waals surface area (Å²) in [5.74, 6) is 0.362. The van der Waals surface area contributed by atoms with E-state index in [1.165, 1.54) is 0 Å². The zero-order chi connectivity index (χ0) is 18.4. The lowest BCUT2D eigenvalue weighted by molar-refractivity contribution is -0.119. The minimum absolute atomic E-state index is 0.0486. The number of nitrogens with zero attached hydrogens (tertiary/aromatic N) is 2. The lowest BCUT2D eigenvalue weighted by Gasteiger charge is -2.13. The van der Waals surface area contributed by atoms with Gasteiger partial charge >= 0.3 is 0 Å². The summed E-state index contributed by atoms with van der Waals surface area (Å²) in [7, 11) is -1.43. The van der Waals surface area contributed by atoms with Gasteiger partial charge in [-0.25, -0.2) is 0 Å². The van der Waals surface area contributed by atoms with Crippen molar-refractivity contribution in [3.8, 4) is 11.4 Å². The molecule has 1 aromatic heterocycles. The summed E-state index contributed by atoms with van der Waals surface area (Å²) >= 11 is 0. The Morgan fingerprint density at radius 2 is 1.77 bits per heavy atom. The standard InChI is InChI=1S/C19H19N3O3S/c1-14(15-8-4-2-5-9-15)20-17(23)12-26(24)13-18-21-19(22-25-18)16-10-6-3-7-11-16/h2-11,14H,12-13H2,1H3,(H,20,23). The Labute approximate surface area is 154 Å². The summed E-state index contributed by atoms with van der Waals surface area (Å²) in [5.41, 5.74) is 1.82. The summed E-state index contributed by atoms with van der Waals surface area (Å²) in [4.78, 5) is 16.3. The van der Waals surface area contributed by atoms with E-state index in [0.717, 1.165) is 11.1 Å². The van der Waals surface area contributed by atoms with Gasteiger partial charge in [0.05, 0.1) is 6.04 Å². The number of hydrogen-bond donors (Lipinski definition) is 1. The molecule has 0 spiro atoms.